The van der Waals surface area contributed by atoms with E-state index in [0.29, 0.717) is 34.5 Å². The standard InChI is InChI=1S/C21H22ClN5O2S/c1-3-27-19(12-23-18-10-5-4-9-17(18)22)25-26-21(27)30-13-20(29)24-16-8-6-7-15(11-16)14(2)28/h4-11,23H,3,12-13H2,1-2H3,(H,24,29). The fourth-order valence-corrected chi connectivity index (χ4v) is 3.82. The zero-order chi connectivity index (χ0) is 21.5. The molecule has 0 bridgehead atoms. The average Bonchev–Trinajstić information content (AvgIpc) is 3.13. The molecule has 2 aromatic carbocycles. The Bertz CT molecular complexity index is 1050. The molecule has 0 radical (unpaired) electrons. The number of aromatic nitrogens is 3. The predicted octanol–water partition coefficient (Wildman–Crippen LogP) is 4.50. The number of rotatable bonds is 9. The Hall–Kier alpha value is -2.84. The van der Waals surface area contributed by atoms with E-state index in [2.05, 4.69) is 20.8 Å². The lowest BCUT2D eigenvalue weighted by molar-refractivity contribution is -0.113. The first-order chi connectivity index (χ1) is 14.5. The highest BCUT2D eigenvalue weighted by Crippen LogP contribution is 2.22. The number of benzene rings is 2. The highest BCUT2D eigenvalue weighted by atomic mass is 35.5. The molecule has 0 aliphatic rings. The van der Waals surface area contributed by atoms with Gasteiger partial charge in [0, 0.05) is 17.8 Å². The molecule has 156 valence electrons. The average molecular weight is 444 g/mol. The number of hydrogen-bond acceptors (Lipinski definition) is 6. The third kappa shape index (κ3) is 5.61. The van der Waals surface area contributed by atoms with E-state index in [1.165, 1.54) is 18.7 Å². The molecule has 0 saturated heterocycles. The highest BCUT2D eigenvalue weighted by molar-refractivity contribution is 7.99. The van der Waals surface area contributed by atoms with Gasteiger partial charge in [-0.15, -0.1) is 10.2 Å². The minimum atomic E-state index is -0.179. The summed E-state index contributed by atoms with van der Waals surface area (Å²) in [5.74, 6) is 0.714. The first-order valence-corrected chi connectivity index (χ1v) is 10.8. The number of hydrogen-bond donors (Lipinski definition) is 2. The molecule has 2 N–H and O–H groups in total. The molecule has 1 aromatic heterocycles. The number of halogens is 1. The number of nitrogens with zero attached hydrogens (tertiary/aromatic N) is 3. The van der Waals surface area contributed by atoms with E-state index in [1.54, 1.807) is 24.3 Å². The monoisotopic (exact) mass is 443 g/mol. The van der Waals surface area contributed by atoms with Gasteiger partial charge in [0.25, 0.3) is 0 Å². The third-order valence-electron chi connectivity index (χ3n) is 4.31. The van der Waals surface area contributed by atoms with Gasteiger partial charge in [0.15, 0.2) is 16.8 Å². The van der Waals surface area contributed by atoms with Gasteiger partial charge in [-0.3, -0.25) is 9.59 Å². The zero-order valence-corrected chi connectivity index (χ0v) is 18.3. The van der Waals surface area contributed by atoms with Gasteiger partial charge in [-0.1, -0.05) is 47.6 Å². The molecule has 1 amide bonds. The van der Waals surface area contributed by atoms with Crippen molar-refractivity contribution < 1.29 is 9.59 Å². The summed E-state index contributed by atoms with van der Waals surface area (Å²) in [6.45, 7) is 4.64. The van der Waals surface area contributed by atoms with Gasteiger partial charge < -0.3 is 15.2 Å². The lowest BCUT2D eigenvalue weighted by Gasteiger charge is -2.10. The van der Waals surface area contributed by atoms with Gasteiger partial charge in [0.05, 0.1) is 23.0 Å². The van der Waals surface area contributed by atoms with Crippen molar-refractivity contribution >= 4 is 46.4 Å². The van der Waals surface area contributed by atoms with Gasteiger partial charge in [-0.25, -0.2) is 0 Å². The minimum Gasteiger partial charge on any atom is -0.377 e. The fourth-order valence-electron chi connectivity index (χ4n) is 2.80. The van der Waals surface area contributed by atoms with E-state index in [-0.39, 0.29) is 17.4 Å². The maximum Gasteiger partial charge on any atom is 0.234 e. The summed E-state index contributed by atoms with van der Waals surface area (Å²) >= 11 is 7.49. The van der Waals surface area contributed by atoms with Crippen molar-refractivity contribution in [1.82, 2.24) is 14.8 Å². The van der Waals surface area contributed by atoms with Crippen LogP contribution in [0, 0.1) is 0 Å². The summed E-state index contributed by atoms with van der Waals surface area (Å²) in [5.41, 5.74) is 1.97. The number of anilines is 2. The van der Waals surface area contributed by atoms with Crippen LogP contribution in [0.25, 0.3) is 0 Å². The molecular weight excluding hydrogens is 422 g/mol. The highest BCUT2D eigenvalue weighted by Gasteiger charge is 2.14. The first-order valence-electron chi connectivity index (χ1n) is 9.42. The molecule has 0 aliphatic carbocycles. The van der Waals surface area contributed by atoms with Crippen LogP contribution in [0.4, 0.5) is 11.4 Å². The number of carbonyl (C=O) groups is 2. The van der Waals surface area contributed by atoms with Crippen LogP contribution in [0.3, 0.4) is 0 Å². The number of carbonyl (C=O) groups excluding carboxylic acids is 2. The lowest BCUT2D eigenvalue weighted by atomic mass is 10.1. The summed E-state index contributed by atoms with van der Waals surface area (Å²) in [6.07, 6.45) is 0. The maximum absolute atomic E-state index is 12.3. The van der Waals surface area contributed by atoms with Crippen LogP contribution in [0.2, 0.25) is 5.02 Å². The second-order valence-electron chi connectivity index (χ2n) is 6.45. The minimum absolute atomic E-state index is 0.0468. The molecule has 0 spiro atoms. The maximum atomic E-state index is 12.3. The van der Waals surface area contributed by atoms with Crippen molar-refractivity contribution in [3.63, 3.8) is 0 Å². The third-order valence-corrected chi connectivity index (χ3v) is 5.60. The molecule has 0 aliphatic heterocycles. The van der Waals surface area contributed by atoms with Crippen LogP contribution in [-0.4, -0.2) is 32.2 Å². The van der Waals surface area contributed by atoms with Crippen molar-refractivity contribution in [3.8, 4) is 0 Å². The molecular formula is C21H22ClN5O2S. The molecule has 30 heavy (non-hydrogen) atoms. The fraction of sp³-hybridized carbons (Fsp3) is 0.238. The molecule has 0 saturated carbocycles. The normalized spacial score (nSPS) is 10.6. The Morgan fingerprint density at radius 3 is 2.67 bits per heavy atom. The number of para-hydroxylation sites is 1. The molecule has 3 rings (SSSR count). The summed E-state index contributed by atoms with van der Waals surface area (Å²) in [6, 6.07) is 14.4. The Balaban J connectivity index is 1.59. The van der Waals surface area contributed by atoms with E-state index in [9.17, 15) is 9.59 Å². The molecule has 7 nitrogen and oxygen atoms in total. The van der Waals surface area contributed by atoms with E-state index in [0.717, 1.165) is 11.5 Å². The van der Waals surface area contributed by atoms with Gasteiger partial charge >= 0.3 is 0 Å². The SMILES string of the molecule is CCn1c(CNc2ccccc2Cl)nnc1SCC(=O)Nc1cccc(C(C)=O)c1. The number of Topliss-reactive ketones (excluding diaryl/α,β-unsaturated/α-hetero) is 1. The van der Waals surface area contributed by atoms with Gasteiger partial charge in [0.1, 0.15) is 0 Å². The van der Waals surface area contributed by atoms with Crippen molar-refractivity contribution in [2.24, 2.45) is 0 Å². The van der Waals surface area contributed by atoms with Crippen LogP contribution < -0.4 is 10.6 Å². The molecule has 3 aromatic rings. The van der Waals surface area contributed by atoms with Gasteiger partial charge in [-0.05, 0) is 38.1 Å². The predicted molar refractivity (Wildman–Crippen MR) is 120 cm³/mol. The first kappa shape index (κ1) is 21.9. The number of thioether (sulfide) groups is 1. The number of amides is 1. The summed E-state index contributed by atoms with van der Waals surface area (Å²) < 4.78 is 1.96. The Morgan fingerprint density at radius 1 is 1.13 bits per heavy atom. The summed E-state index contributed by atoms with van der Waals surface area (Å²) in [7, 11) is 0. The van der Waals surface area contributed by atoms with Crippen LogP contribution in [0.15, 0.2) is 53.7 Å². The Kier molecular flexibility index (Phi) is 7.48. The van der Waals surface area contributed by atoms with Crippen molar-refractivity contribution in [2.45, 2.75) is 32.1 Å². The lowest BCUT2D eigenvalue weighted by Crippen LogP contribution is -2.15. The largest absolute Gasteiger partial charge is 0.377 e. The van der Waals surface area contributed by atoms with E-state index in [4.69, 9.17) is 11.6 Å². The van der Waals surface area contributed by atoms with Gasteiger partial charge in [-0.2, -0.15) is 0 Å². The second kappa shape index (κ2) is 10.3. The topological polar surface area (TPSA) is 88.9 Å². The van der Waals surface area contributed by atoms with E-state index in [1.807, 2.05) is 35.8 Å². The molecule has 0 unspecified atom stereocenters. The van der Waals surface area contributed by atoms with Crippen LogP contribution >= 0.6 is 23.4 Å². The number of ketones is 1. The zero-order valence-electron chi connectivity index (χ0n) is 16.7. The number of nitrogens with one attached hydrogen (secondary N) is 2. The van der Waals surface area contributed by atoms with Crippen molar-refractivity contribution in [3.05, 3.63) is 64.9 Å². The molecule has 0 fully saturated rings. The molecule has 9 heteroatoms. The van der Waals surface area contributed by atoms with Crippen molar-refractivity contribution in [1.29, 1.82) is 0 Å². The second-order valence-corrected chi connectivity index (χ2v) is 7.80. The van der Waals surface area contributed by atoms with Crippen LogP contribution in [0.5, 0.6) is 0 Å². The summed E-state index contributed by atoms with van der Waals surface area (Å²) in [5, 5.41) is 15.8. The van der Waals surface area contributed by atoms with Crippen LogP contribution in [0.1, 0.15) is 30.0 Å². The Labute approximate surface area is 184 Å². The quantitative estimate of drug-likeness (QED) is 0.374. The van der Waals surface area contributed by atoms with Crippen LogP contribution in [-0.2, 0) is 17.9 Å². The van der Waals surface area contributed by atoms with Gasteiger partial charge in [0.2, 0.25) is 5.91 Å². The smallest absolute Gasteiger partial charge is 0.234 e. The summed E-state index contributed by atoms with van der Waals surface area (Å²) in [4.78, 5) is 23.8. The van der Waals surface area contributed by atoms with E-state index < -0.39 is 0 Å². The van der Waals surface area contributed by atoms with Crippen molar-refractivity contribution in [2.75, 3.05) is 16.4 Å². The molecule has 0 atom stereocenters. The molecule has 1 heterocycles. The Morgan fingerprint density at radius 2 is 1.93 bits per heavy atom. The van der Waals surface area contributed by atoms with E-state index >= 15 is 0 Å².